The maximum atomic E-state index is 10.7. The number of pyridine rings is 1. The monoisotopic (exact) mass is 275 g/mol. The Morgan fingerprint density at radius 2 is 2.45 bits per heavy atom. The Labute approximate surface area is 117 Å². The third-order valence-corrected chi connectivity index (χ3v) is 3.56. The molecule has 0 amide bonds. The number of nitrogens with zero attached hydrogens (tertiary/aromatic N) is 3. The molecule has 0 saturated carbocycles. The highest BCUT2D eigenvalue weighted by Gasteiger charge is 2.26. The average Bonchev–Trinajstić information content (AvgIpc) is 2.45. The summed E-state index contributed by atoms with van der Waals surface area (Å²) in [4.78, 5) is 14.1. The molecule has 0 aliphatic carbocycles. The van der Waals surface area contributed by atoms with E-state index in [0.29, 0.717) is 5.82 Å². The maximum Gasteiger partial charge on any atom is 0.305 e. The number of nitrogens with one attached hydrogen (secondary N) is 2. The summed E-state index contributed by atoms with van der Waals surface area (Å²) in [6, 6.07) is 4.61. The second-order valence-electron chi connectivity index (χ2n) is 5.38. The molecule has 2 heterocycles. The highest BCUT2D eigenvalue weighted by molar-refractivity contribution is 5.50. The first-order valence-electron chi connectivity index (χ1n) is 6.54. The van der Waals surface area contributed by atoms with E-state index in [1.54, 1.807) is 12.1 Å². The minimum absolute atomic E-state index is 0.133. The summed E-state index contributed by atoms with van der Waals surface area (Å²) in [5, 5.41) is 26.2. The predicted molar refractivity (Wildman–Crippen MR) is 74.3 cm³/mol. The van der Waals surface area contributed by atoms with E-state index in [0.717, 1.165) is 32.5 Å². The van der Waals surface area contributed by atoms with E-state index in [1.165, 1.54) is 6.07 Å². The van der Waals surface area contributed by atoms with Crippen LogP contribution in [0.3, 0.4) is 0 Å². The summed E-state index contributed by atoms with van der Waals surface area (Å²) in [5.74, 6) is 0.499. The largest absolute Gasteiger partial charge is 0.369 e. The Morgan fingerprint density at radius 1 is 1.65 bits per heavy atom. The van der Waals surface area contributed by atoms with Crippen LogP contribution in [0.1, 0.15) is 25.5 Å². The molecule has 1 unspecified atom stereocenters. The van der Waals surface area contributed by atoms with Crippen LogP contribution < -0.4 is 10.6 Å². The molecule has 20 heavy (non-hydrogen) atoms. The lowest BCUT2D eigenvalue weighted by molar-refractivity contribution is -0.385. The lowest BCUT2D eigenvalue weighted by atomic mass is 9.83. The molecule has 2 N–H and O–H groups in total. The molecule has 1 saturated heterocycles. The van der Waals surface area contributed by atoms with Gasteiger partial charge in [-0.1, -0.05) is 6.92 Å². The lowest BCUT2D eigenvalue weighted by Crippen LogP contribution is -2.42. The van der Waals surface area contributed by atoms with Crippen LogP contribution in [0.15, 0.2) is 12.1 Å². The SMILES string of the molecule is CC1(CNc2ccc([N+](=O)[O-])c(C#N)n2)CCCNC1. The van der Waals surface area contributed by atoms with Gasteiger partial charge >= 0.3 is 5.69 Å². The van der Waals surface area contributed by atoms with Gasteiger partial charge in [-0.15, -0.1) is 0 Å². The number of anilines is 1. The molecule has 2 rings (SSSR count). The van der Waals surface area contributed by atoms with Gasteiger partial charge in [0.25, 0.3) is 0 Å². The number of hydrogen-bond acceptors (Lipinski definition) is 6. The van der Waals surface area contributed by atoms with Gasteiger partial charge in [0.2, 0.25) is 5.69 Å². The van der Waals surface area contributed by atoms with Crippen LogP contribution in [0.25, 0.3) is 0 Å². The first-order valence-corrected chi connectivity index (χ1v) is 6.54. The van der Waals surface area contributed by atoms with Gasteiger partial charge in [0.1, 0.15) is 11.9 Å². The first kappa shape index (κ1) is 14.2. The van der Waals surface area contributed by atoms with Crippen molar-refractivity contribution in [2.45, 2.75) is 19.8 Å². The molecule has 0 bridgehead atoms. The van der Waals surface area contributed by atoms with E-state index in [4.69, 9.17) is 5.26 Å². The number of hydrogen-bond donors (Lipinski definition) is 2. The maximum absolute atomic E-state index is 10.7. The van der Waals surface area contributed by atoms with Crippen LogP contribution in [0.2, 0.25) is 0 Å². The van der Waals surface area contributed by atoms with Crippen molar-refractivity contribution in [3.8, 4) is 6.07 Å². The molecule has 7 nitrogen and oxygen atoms in total. The van der Waals surface area contributed by atoms with Crippen LogP contribution in [0, 0.1) is 26.9 Å². The normalized spacial score (nSPS) is 22.0. The summed E-state index contributed by atoms with van der Waals surface area (Å²) >= 11 is 0. The molecule has 0 spiro atoms. The molecule has 0 aromatic carbocycles. The standard InChI is InChI=1S/C13H17N5O2/c1-13(5-2-6-15-8-13)9-16-12-4-3-11(18(19)20)10(7-14)17-12/h3-4,15H,2,5-6,8-9H2,1H3,(H,16,17). The summed E-state index contributed by atoms with van der Waals surface area (Å²) in [6.45, 7) is 4.88. The number of piperidine rings is 1. The number of nitriles is 1. The van der Waals surface area contributed by atoms with E-state index < -0.39 is 4.92 Å². The number of aromatic nitrogens is 1. The van der Waals surface area contributed by atoms with Gasteiger partial charge < -0.3 is 10.6 Å². The molecule has 7 heteroatoms. The van der Waals surface area contributed by atoms with E-state index in [-0.39, 0.29) is 16.8 Å². The van der Waals surface area contributed by atoms with E-state index in [2.05, 4.69) is 22.5 Å². The molecule has 1 aromatic rings. The van der Waals surface area contributed by atoms with Crippen molar-refractivity contribution in [2.75, 3.05) is 25.0 Å². The van der Waals surface area contributed by atoms with Gasteiger partial charge in [-0.2, -0.15) is 5.26 Å². The molecule has 1 fully saturated rings. The summed E-state index contributed by atoms with van der Waals surface area (Å²) in [5.41, 5.74) is -0.287. The van der Waals surface area contributed by atoms with Gasteiger partial charge in [-0.25, -0.2) is 4.98 Å². The topological polar surface area (TPSA) is 104 Å². The smallest absolute Gasteiger partial charge is 0.305 e. The Hall–Kier alpha value is -2.20. The van der Waals surface area contributed by atoms with Gasteiger partial charge in [0, 0.05) is 19.2 Å². The van der Waals surface area contributed by atoms with Gasteiger partial charge in [-0.3, -0.25) is 10.1 Å². The van der Waals surface area contributed by atoms with E-state index in [1.807, 2.05) is 0 Å². The zero-order valence-corrected chi connectivity index (χ0v) is 11.3. The zero-order chi connectivity index (χ0) is 14.6. The van der Waals surface area contributed by atoms with Crippen molar-refractivity contribution >= 4 is 11.5 Å². The predicted octanol–water partition coefficient (Wildman–Crippen LogP) is 1.66. The minimum Gasteiger partial charge on any atom is -0.369 e. The fraction of sp³-hybridized carbons (Fsp3) is 0.538. The van der Waals surface area contributed by atoms with Crippen molar-refractivity contribution in [1.29, 1.82) is 5.26 Å². The summed E-state index contributed by atoms with van der Waals surface area (Å²) in [6.07, 6.45) is 2.25. The van der Waals surface area contributed by atoms with E-state index >= 15 is 0 Å². The molecule has 1 atom stereocenters. The molecule has 1 aromatic heterocycles. The number of nitro groups is 1. The van der Waals surface area contributed by atoms with E-state index in [9.17, 15) is 10.1 Å². The first-order chi connectivity index (χ1) is 9.54. The fourth-order valence-corrected chi connectivity index (χ4v) is 2.35. The van der Waals surface area contributed by atoms with Crippen LogP contribution in [-0.2, 0) is 0 Å². The fourth-order valence-electron chi connectivity index (χ4n) is 2.35. The lowest BCUT2D eigenvalue weighted by Gasteiger charge is -2.34. The second kappa shape index (κ2) is 5.84. The van der Waals surface area contributed by atoms with Crippen LogP contribution in [-0.4, -0.2) is 29.5 Å². The van der Waals surface area contributed by atoms with Gasteiger partial charge in [0.05, 0.1) is 4.92 Å². The molecular weight excluding hydrogens is 258 g/mol. The van der Waals surface area contributed by atoms with Gasteiger partial charge in [0.15, 0.2) is 0 Å². The molecule has 0 radical (unpaired) electrons. The Morgan fingerprint density at radius 3 is 3.05 bits per heavy atom. The Balaban J connectivity index is 2.07. The third-order valence-electron chi connectivity index (χ3n) is 3.56. The third kappa shape index (κ3) is 3.22. The highest BCUT2D eigenvalue weighted by atomic mass is 16.6. The van der Waals surface area contributed by atoms with Crippen LogP contribution in [0.5, 0.6) is 0 Å². The Bertz CT molecular complexity index is 546. The highest BCUT2D eigenvalue weighted by Crippen LogP contribution is 2.26. The molecule has 1 aliphatic rings. The van der Waals surface area contributed by atoms with Crippen molar-refractivity contribution in [3.63, 3.8) is 0 Å². The summed E-state index contributed by atoms with van der Waals surface area (Å²) < 4.78 is 0. The summed E-state index contributed by atoms with van der Waals surface area (Å²) in [7, 11) is 0. The van der Waals surface area contributed by atoms with Crippen molar-refractivity contribution in [2.24, 2.45) is 5.41 Å². The minimum atomic E-state index is -0.596. The number of rotatable bonds is 4. The van der Waals surface area contributed by atoms with Gasteiger partial charge in [-0.05, 0) is 30.9 Å². The Kier molecular flexibility index (Phi) is 4.15. The molecular formula is C13H17N5O2. The van der Waals surface area contributed by atoms with Crippen molar-refractivity contribution < 1.29 is 4.92 Å². The van der Waals surface area contributed by atoms with Crippen molar-refractivity contribution in [1.82, 2.24) is 10.3 Å². The average molecular weight is 275 g/mol. The van der Waals surface area contributed by atoms with Crippen molar-refractivity contribution in [3.05, 3.63) is 27.9 Å². The second-order valence-corrected chi connectivity index (χ2v) is 5.38. The molecule has 1 aliphatic heterocycles. The van der Waals surface area contributed by atoms with Crippen LogP contribution in [0.4, 0.5) is 11.5 Å². The molecule has 106 valence electrons. The zero-order valence-electron chi connectivity index (χ0n) is 11.3. The van der Waals surface area contributed by atoms with Crippen LogP contribution >= 0.6 is 0 Å². The quantitative estimate of drug-likeness (QED) is 0.639.